The quantitative estimate of drug-likeness (QED) is 0.776. The molecule has 0 aromatic heterocycles. The molecule has 2 aromatic rings. The van der Waals surface area contributed by atoms with Crippen molar-refractivity contribution in [3.63, 3.8) is 0 Å². The number of anilines is 1. The molecule has 1 fully saturated rings. The van der Waals surface area contributed by atoms with Gasteiger partial charge in [-0.2, -0.15) is 4.31 Å². The van der Waals surface area contributed by atoms with Crippen molar-refractivity contribution in [3.05, 3.63) is 59.7 Å². The summed E-state index contributed by atoms with van der Waals surface area (Å²) in [6.45, 7) is 2.17. The van der Waals surface area contributed by atoms with Crippen LogP contribution >= 0.6 is 0 Å². The average molecular weight is 402 g/mol. The fourth-order valence-corrected chi connectivity index (χ4v) is 4.86. The Hall–Kier alpha value is -2.71. The van der Waals surface area contributed by atoms with E-state index in [9.17, 15) is 18.0 Å². The van der Waals surface area contributed by atoms with Gasteiger partial charge in [-0.05, 0) is 50.1 Å². The molecule has 8 heteroatoms. The molecule has 1 heterocycles. The van der Waals surface area contributed by atoms with E-state index in [2.05, 4.69) is 10.1 Å². The lowest BCUT2D eigenvalue weighted by Gasteiger charge is -2.23. The molecular weight excluding hydrogens is 380 g/mol. The minimum atomic E-state index is -3.77. The van der Waals surface area contributed by atoms with E-state index in [-0.39, 0.29) is 11.4 Å². The van der Waals surface area contributed by atoms with Crippen LogP contribution < -0.4 is 5.32 Å². The number of esters is 1. The number of carbonyl (C=O) groups excluding carboxylic acids is 2. The Labute approximate surface area is 164 Å². The molecule has 7 nitrogen and oxygen atoms in total. The van der Waals surface area contributed by atoms with Crippen molar-refractivity contribution in [1.29, 1.82) is 0 Å². The first-order valence-corrected chi connectivity index (χ1v) is 10.3. The predicted octanol–water partition coefficient (Wildman–Crippen LogP) is 2.57. The van der Waals surface area contributed by atoms with Gasteiger partial charge in [0.2, 0.25) is 15.9 Å². The van der Waals surface area contributed by atoms with E-state index in [0.717, 1.165) is 5.56 Å². The summed E-state index contributed by atoms with van der Waals surface area (Å²) in [6, 6.07) is 12.1. The van der Waals surface area contributed by atoms with Crippen molar-refractivity contribution in [3.8, 4) is 0 Å². The summed E-state index contributed by atoms with van der Waals surface area (Å²) in [5.41, 5.74) is 1.67. The van der Waals surface area contributed by atoms with Crippen LogP contribution in [0.2, 0.25) is 0 Å². The fraction of sp³-hybridized carbons (Fsp3) is 0.300. The summed E-state index contributed by atoms with van der Waals surface area (Å²) in [7, 11) is -2.49. The summed E-state index contributed by atoms with van der Waals surface area (Å²) in [6.07, 6.45) is 1.04. The van der Waals surface area contributed by atoms with Gasteiger partial charge in [-0.25, -0.2) is 13.2 Å². The third kappa shape index (κ3) is 4.07. The maximum absolute atomic E-state index is 13.0. The number of methoxy groups -OCH3 is 1. The van der Waals surface area contributed by atoms with Gasteiger partial charge in [0.05, 0.1) is 17.6 Å². The highest BCUT2D eigenvalue weighted by Gasteiger charge is 2.39. The Bertz CT molecular complexity index is 986. The Kier molecular flexibility index (Phi) is 5.81. The van der Waals surface area contributed by atoms with E-state index < -0.39 is 27.9 Å². The molecule has 0 unspecified atom stereocenters. The summed E-state index contributed by atoms with van der Waals surface area (Å²) in [4.78, 5) is 24.6. The van der Waals surface area contributed by atoms with Crippen LogP contribution in [0.15, 0.2) is 53.4 Å². The van der Waals surface area contributed by atoms with E-state index in [1.54, 1.807) is 42.5 Å². The number of nitrogens with one attached hydrogen (secondary N) is 1. The molecule has 1 amide bonds. The third-order valence-electron chi connectivity index (χ3n) is 4.69. The second kappa shape index (κ2) is 8.12. The van der Waals surface area contributed by atoms with E-state index in [1.165, 1.54) is 17.5 Å². The molecule has 0 aliphatic carbocycles. The van der Waals surface area contributed by atoms with Gasteiger partial charge >= 0.3 is 5.97 Å². The van der Waals surface area contributed by atoms with Crippen LogP contribution in [0.1, 0.15) is 28.8 Å². The molecular formula is C20H22N2O5S. The molecule has 0 saturated carbocycles. The van der Waals surface area contributed by atoms with E-state index in [1.807, 2.05) is 6.92 Å². The second-order valence-electron chi connectivity index (χ2n) is 6.65. The van der Waals surface area contributed by atoms with Gasteiger partial charge in [0.25, 0.3) is 0 Å². The molecule has 1 atom stereocenters. The van der Waals surface area contributed by atoms with Crippen LogP contribution in [0.5, 0.6) is 0 Å². The van der Waals surface area contributed by atoms with Gasteiger partial charge in [-0.3, -0.25) is 4.79 Å². The third-order valence-corrected chi connectivity index (χ3v) is 6.61. The standard InChI is InChI=1S/C20H22N2O5S/c1-14-8-10-17(11-9-14)28(25,26)22-12-4-7-18(22)19(23)21-16-6-3-5-15(13-16)20(24)27-2/h3,5-6,8-11,13,18H,4,7,12H2,1-2H3,(H,21,23)/t18-/m1/s1. The minimum Gasteiger partial charge on any atom is -0.465 e. The number of sulfonamides is 1. The molecule has 148 valence electrons. The first kappa shape index (κ1) is 20.0. The average Bonchev–Trinajstić information content (AvgIpc) is 3.19. The second-order valence-corrected chi connectivity index (χ2v) is 8.54. The highest BCUT2D eigenvalue weighted by atomic mass is 32.2. The van der Waals surface area contributed by atoms with E-state index in [4.69, 9.17) is 0 Å². The number of rotatable bonds is 5. The van der Waals surface area contributed by atoms with Crippen LogP contribution in [-0.4, -0.2) is 44.3 Å². The molecule has 0 spiro atoms. The molecule has 3 rings (SSSR count). The Morgan fingerprint density at radius 1 is 1.14 bits per heavy atom. The van der Waals surface area contributed by atoms with Gasteiger partial charge in [0.1, 0.15) is 6.04 Å². The lowest BCUT2D eigenvalue weighted by molar-refractivity contribution is -0.119. The Morgan fingerprint density at radius 3 is 2.54 bits per heavy atom. The smallest absolute Gasteiger partial charge is 0.337 e. The first-order chi connectivity index (χ1) is 13.3. The first-order valence-electron chi connectivity index (χ1n) is 8.90. The van der Waals surface area contributed by atoms with Crippen molar-refractivity contribution in [2.24, 2.45) is 0 Å². The van der Waals surface area contributed by atoms with E-state index in [0.29, 0.717) is 24.1 Å². The van der Waals surface area contributed by atoms with Crippen LogP contribution in [0.25, 0.3) is 0 Å². The van der Waals surface area contributed by atoms with Crippen molar-refractivity contribution >= 4 is 27.6 Å². The highest BCUT2D eigenvalue weighted by molar-refractivity contribution is 7.89. The summed E-state index contributed by atoms with van der Waals surface area (Å²) in [5.74, 6) is -0.934. The molecule has 1 saturated heterocycles. The highest BCUT2D eigenvalue weighted by Crippen LogP contribution is 2.27. The largest absolute Gasteiger partial charge is 0.465 e. The number of hydrogen-bond acceptors (Lipinski definition) is 5. The number of ether oxygens (including phenoxy) is 1. The Morgan fingerprint density at radius 2 is 1.86 bits per heavy atom. The minimum absolute atomic E-state index is 0.172. The number of benzene rings is 2. The van der Waals surface area contributed by atoms with Crippen molar-refractivity contribution in [2.75, 3.05) is 19.0 Å². The number of nitrogens with zero attached hydrogens (tertiary/aromatic N) is 1. The summed E-state index contributed by atoms with van der Waals surface area (Å²) < 4.78 is 31.9. The zero-order valence-corrected chi connectivity index (χ0v) is 16.5. The number of hydrogen-bond donors (Lipinski definition) is 1. The van der Waals surface area contributed by atoms with Crippen LogP contribution in [-0.2, 0) is 19.6 Å². The van der Waals surface area contributed by atoms with Crippen molar-refractivity contribution in [1.82, 2.24) is 4.31 Å². The number of amides is 1. The Balaban J connectivity index is 1.80. The molecule has 1 aliphatic rings. The monoisotopic (exact) mass is 402 g/mol. The SMILES string of the molecule is COC(=O)c1cccc(NC(=O)[C@H]2CCCN2S(=O)(=O)c2ccc(C)cc2)c1. The molecule has 28 heavy (non-hydrogen) atoms. The molecule has 2 aromatic carbocycles. The summed E-state index contributed by atoms with van der Waals surface area (Å²) in [5, 5.41) is 2.71. The molecule has 1 aliphatic heterocycles. The van der Waals surface area contributed by atoms with Gasteiger partial charge in [-0.15, -0.1) is 0 Å². The lowest BCUT2D eigenvalue weighted by atomic mass is 10.2. The van der Waals surface area contributed by atoms with Crippen LogP contribution in [0, 0.1) is 6.92 Å². The number of carbonyl (C=O) groups is 2. The van der Waals surface area contributed by atoms with Crippen LogP contribution in [0.3, 0.4) is 0 Å². The topological polar surface area (TPSA) is 92.8 Å². The van der Waals surface area contributed by atoms with Crippen molar-refractivity contribution < 1.29 is 22.7 Å². The van der Waals surface area contributed by atoms with Gasteiger partial charge in [-0.1, -0.05) is 23.8 Å². The molecule has 0 bridgehead atoms. The zero-order valence-electron chi connectivity index (χ0n) is 15.7. The zero-order chi connectivity index (χ0) is 20.3. The fourth-order valence-electron chi connectivity index (χ4n) is 3.20. The van der Waals surface area contributed by atoms with Gasteiger partial charge in [0.15, 0.2) is 0 Å². The van der Waals surface area contributed by atoms with E-state index >= 15 is 0 Å². The predicted molar refractivity (Wildman–Crippen MR) is 105 cm³/mol. The van der Waals surface area contributed by atoms with Gasteiger partial charge < -0.3 is 10.1 Å². The normalized spacial score (nSPS) is 17.3. The van der Waals surface area contributed by atoms with Gasteiger partial charge in [0, 0.05) is 12.2 Å². The molecule has 1 N–H and O–H groups in total. The summed E-state index contributed by atoms with van der Waals surface area (Å²) >= 11 is 0. The molecule has 0 radical (unpaired) electrons. The van der Waals surface area contributed by atoms with Crippen LogP contribution in [0.4, 0.5) is 5.69 Å². The lowest BCUT2D eigenvalue weighted by Crippen LogP contribution is -2.43. The maximum atomic E-state index is 13.0. The van der Waals surface area contributed by atoms with Crippen molar-refractivity contribution in [2.45, 2.75) is 30.7 Å². The number of aryl methyl sites for hydroxylation is 1. The maximum Gasteiger partial charge on any atom is 0.337 e.